The Morgan fingerprint density at radius 2 is 1.81 bits per heavy atom. The number of aromatic nitrogens is 1. The highest BCUT2D eigenvalue weighted by molar-refractivity contribution is 7.90. The van der Waals surface area contributed by atoms with Gasteiger partial charge in [0.1, 0.15) is 5.82 Å². The first-order valence-electron chi connectivity index (χ1n) is 5.74. The van der Waals surface area contributed by atoms with Gasteiger partial charge in [0, 0.05) is 11.9 Å². The fourth-order valence-corrected chi connectivity index (χ4v) is 2.41. The predicted octanol–water partition coefficient (Wildman–Crippen LogP) is 2.58. The first kappa shape index (κ1) is 15.3. The number of pyridine rings is 1. The van der Waals surface area contributed by atoms with E-state index in [0.29, 0.717) is 11.5 Å². The maximum Gasteiger partial charge on any atom is 0.356 e. The Morgan fingerprint density at radius 3 is 2.33 bits per heavy atom. The van der Waals surface area contributed by atoms with E-state index in [1.807, 2.05) is 0 Å². The van der Waals surface area contributed by atoms with Gasteiger partial charge in [-0.25, -0.2) is 18.2 Å². The van der Waals surface area contributed by atoms with Crippen LogP contribution in [0.2, 0.25) is 5.02 Å². The van der Waals surface area contributed by atoms with Gasteiger partial charge in [0.05, 0.1) is 9.92 Å². The largest absolute Gasteiger partial charge is 0.476 e. The Labute approximate surface area is 126 Å². The molecule has 2 rings (SSSR count). The van der Waals surface area contributed by atoms with Crippen molar-refractivity contribution in [3.63, 3.8) is 0 Å². The molecular formula is C13H11ClN2O4S. The van der Waals surface area contributed by atoms with Crippen molar-refractivity contribution < 1.29 is 18.3 Å². The van der Waals surface area contributed by atoms with E-state index in [9.17, 15) is 13.2 Å². The van der Waals surface area contributed by atoms with Gasteiger partial charge in [-0.15, -0.1) is 0 Å². The number of nitrogens with one attached hydrogen (secondary N) is 1. The summed E-state index contributed by atoms with van der Waals surface area (Å²) in [7, 11) is -3.25. The minimum Gasteiger partial charge on any atom is -0.476 e. The van der Waals surface area contributed by atoms with E-state index in [1.54, 1.807) is 12.1 Å². The maximum absolute atomic E-state index is 11.3. The normalized spacial score (nSPS) is 11.1. The van der Waals surface area contributed by atoms with Crippen LogP contribution in [0.3, 0.4) is 0 Å². The van der Waals surface area contributed by atoms with E-state index in [-0.39, 0.29) is 15.6 Å². The summed E-state index contributed by atoms with van der Waals surface area (Å²) in [5, 5.41) is 11.9. The summed E-state index contributed by atoms with van der Waals surface area (Å²) in [6.45, 7) is 0. The van der Waals surface area contributed by atoms with Gasteiger partial charge in [-0.3, -0.25) is 0 Å². The zero-order valence-corrected chi connectivity index (χ0v) is 12.4. The molecule has 0 amide bonds. The molecule has 0 spiro atoms. The van der Waals surface area contributed by atoms with E-state index in [4.69, 9.17) is 16.7 Å². The number of carboxylic acid groups (broad SMARTS) is 1. The molecule has 110 valence electrons. The minimum atomic E-state index is -3.25. The monoisotopic (exact) mass is 326 g/mol. The SMILES string of the molecule is CS(=O)(=O)c1ccc(Nc2ccc(Cl)c(C(=O)O)n2)cc1. The highest BCUT2D eigenvalue weighted by atomic mass is 35.5. The van der Waals surface area contributed by atoms with Crippen molar-refractivity contribution in [1.29, 1.82) is 0 Å². The van der Waals surface area contributed by atoms with Crippen LogP contribution in [0.1, 0.15) is 10.5 Å². The number of anilines is 2. The molecule has 21 heavy (non-hydrogen) atoms. The Balaban J connectivity index is 2.26. The van der Waals surface area contributed by atoms with Crippen LogP contribution in [0.5, 0.6) is 0 Å². The zero-order valence-electron chi connectivity index (χ0n) is 10.9. The van der Waals surface area contributed by atoms with E-state index < -0.39 is 15.8 Å². The summed E-state index contributed by atoms with van der Waals surface area (Å²) < 4.78 is 22.7. The Bertz CT molecular complexity index is 788. The van der Waals surface area contributed by atoms with E-state index in [0.717, 1.165) is 6.26 Å². The second-order valence-electron chi connectivity index (χ2n) is 4.25. The van der Waals surface area contributed by atoms with Gasteiger partial charge in [-0.05, 0) is 36.4 Å². The van der Waals surface area contributed by atoms with Gasteiger partial charge >= 0.3 is 5.97 Å². The lowest BCUT2D eigenvalue weighted by Crippen LogP contribution is -2.04. The lowest BCUT2D eigenvalue weighted by Gasteiger charge is -2.07. The third-order valence-electron chi connectivity index (χ3n) is 2.60. The van der Waals surface area contributed by atoms with Crippen molar-refractivity contribution in [3.05, 3.63) is 47.1 Å². The van der Waals surface area contributed by atoms with Crippen LogP contribution >= 0.6 is 11.6 Å². The van der Waals surface area contributed by atoms with Gasteiger partial charge in [-0.2, -0.15) is 0 Å². The fraction of sp³-hybridized carbons (Fsp3) is 0.0769. The number of aromatic carboxylic acids is 1. The topological polar surface area (TPSA) is 96.4 Å². The molecule has 6 nitrogen and oxygen atoms in total. The average molecular weight is 327 g/mol. The van der Waals surface area contributed by atoms with Crippen LogP contribution in [-0.2, 0) is 9.84 Å². The molecule has 2 aromatic rings. The van der Waals surface area contributed by atoms with Crippen molar-refractivity contribution in [1.82, 2.24) is 4.98 Å². The third kappa shape index (κ3) is 3.71. The molecule has 1 heterocycles. The van der Waals surface area contributed by atoms with Crippen molar-refractivity contribution in [2.24, 2.45) is 0 Å². The number of carboxylic acids is 1. The average Bonchev–Trinajstić information content (AvgIpc) is 2.40. The second-order valence-corrected chi connectivity index (χ2v) is 6.68. The molecule has 0 atom stereocenters. The van der Waals surface area contributed by atoms with Crippen molar-refractivity contribution in [2.75, 3.05) is 11.6 Å². The molecule has 0 aliphatic rings. The Kier molecular flexibility index (Phi) is 4.15. The number of benzene rings is 1. The number of halogens is 1. The molecule has 0 bridgehead atoms. The van der Waals surface area contributed by atoms with Crippen LogP contribution in [0.4, 0.5) is 11.5 Å². The molecule has 0 fully saturated rings. The fourth-order valence-electron chi connectivity index (χ4n) is 1.60. The standard InChI is InChI=1S/C13H11ClN2O4S/c1-21(19,20)9-4-2-8(3-5-9)15-11-7-6-10(14)12(16-11)13(17)18/h2-7H,1H3,(H,15,16)(H,17,18). The molecule has 0 radical (unpaired) electrons. The zero-order chi connectivity index (χ0) is 15.6. The van der Waals surface area contributed by atoms with Gasteiger partial charge in [0.2, 0.25) is 0 Å². The van der Waals surface area contributed by atoms with E-state index in [2.05, 4.69) is 10.3 Å². The Hall–Kier alpha value is -2.12. The van der Waals surface area contributed by atoms with Gasteiger partial charge < -0.3 is 10.4 Å². The summed E-state index contributed by atoms with van der Waals surface area (Å²) in [5.41, 5.74) is 0.322. The van der Waals surface area contributed by atoms with Crippen LogP contribution in [0.25, 0.3) is 0 Å². The van der Waals surface area contributed by atoms with Crippen molar-refractivity contribution in [3.8, 4) is 0 Å². The summed E-state index contributed by atoms with van der Waals surface area (Å²) in [6, 6.07) is 8.97. The molecule has 0 saturated carbocycles. The molecular weight excluding hydrogens is 316 g/mol. The summed E-state index contributed by atoms with van der Waals surface area (Å²) in [4.78, 5) is 15.0. The molecule has 0 unspecified atom stereocenters. The van der Waals surface area contributed by atoms with Gasteiger partial charge in [-0.1, -0.05) is 11.6 Å². The molecule has 0 aliphatic heterocycles. The second kappa shape index (κ2) is 5.71. The predicted molar refractivity (Wildman–Crippen MR) is 79.0 cm³/mol. The van der Waals surface area contributed by atoms with Gasteiger partial charge in [0.15, 0.2) is 15.5 Å². The van der Waals surface area contributed by atoms with Crippen molar-refractivity contribution in [2.45, 2.75) is 4.90 Å². The van der Waals surface area contributed by atoms with Crippen LogP contribution < -0.4 is 5.32 Å². The molecule has 0 aliphatic carbocycles. The number of hydrogen-bond acceptors (Lipinski definition) is 5. The maximum atomic E-state index is 11.3. The molecule has 8 heteroatoms. The smallest absolute Gasteiger partial charge is 0.356 e. The number of rotatable bonds is 4. The molecule has 0 saturated heterocycles. The van der Waals surface area contributed by atoms with Crippen LogP contribution in [-0.4, -0.2) is 30.7 Å². The van der Waals surface area contributed by atoms with Crippen molar-refractivity contribution >= 4 is 38.9 Å². The lowest BCUT2D eigenvalue weighted by molar-refractivity contribution is 0.0691. The molecule has 1 aromatic heterocycles. The number of carbonyl (C=O) groups is 1. The van der Waals surface area contributed by atoms with Gasteiger partial charge in [0.25, 0.3) is 0 Å². The quantitative estimate of drug-likeness (QED) is 0.896. The molecule has 2 N–H and O–H groups in total. The number of hydrogen-bond donors (Lipinski definition) is 2. The summed E-state index contributed by atoms with van der Waals surface area (Å²) in [5.74, 6) is -0.931. The highest BCUT2D eigenvalue weighted by Gasteiger charge is 2.12. The number of nitrogens with zero attached hydrogens (tertiary/aromatic N) is 1. The van der Waals surface area contributed by atoms with E-state index >= 15 is 0 Å². The third-order valence-corrected chi connectivity index (χ3v) is 4.04. The van der Waals surface area contributed by atoms with Crippen LogP contribution in [0.15, 0.2) is 41.3 Å². The molecule has 1 aromatic carbocycles. The first-order valence-corrected chi connectivity index (χ1v) is 8.01. The summed E-state index contributed by atoms with van der Waals surface area (Å²) >= 11 is 5.73. The van der Waals surface area contributed by atoms with E-state index in [1.165, 1.54) is 24.3 Å². The Morgan fingerprint density at radius 1 is 1.19 bits per heavy atom. The first-order chi connectivity index (χ1) is 9.77. The number of sulfone groups is 1. The highest BCUT2D eigenvalue weighted by Crippen LogP contribution is 2.21. The van der Waals surface area contributed by atoms with Crippen LogP contribution in [0, 0.1) is 0 Å². The lowest BCUT2D eigenvalue weighted by atomic mass is 10.3. The summed E-state index contributed by atoms with van der Waals surface area (Å²) in [6.07, 6.45) is 1.12. The minimum absolute atomic E-state index is 0.0421.